The van der Waals surface area contributed by atoms with Gasteiger partial charge in [0.05, 0.1) is 30.0 Å². The highest BCUT2D eigenvalue weighted by Crippen LogP contribution is 2.39. The maximum atomic E-state index is 13.3. The first-order valence-corrected chi connectivity index (χ1v) is 13.8. The number of urea groups is 1. The minimum absolute atomic E-state index is 0.0578. The van der Waals surface area contributed by atoms with E-state index in [0.29, 0.717) is 0 Å². The number of aryl methyl sites for hydroxylation is 1. The van der Waals surface area contributed by atoms with Crippen molar-refractivity contribution in [2.45, 2.75) is 18.7 Å². The smallest absolute Gasteiger partial charge is 0.339 e. The largest absolute Gasteiger partial charge is 0.490 e. The highest BCUT2D eigenvalue weighted by Gasteiger charge is 2.37. The molecule has 0 bridgehead atoms. The van der Waals surface area contributed by atoms with Crippen molar-refractivity contribution in [1.82, 2.24) is 5.32 Å². The van der Waals surface area contributed by atoms with E-state index in [0.717, 1.165) is 10.5 Å². The minimum Gasteiger partial charge on any atom is -0.490 e. The lowest BCUT2D eigenvalue weighted by molar-refractivity contribution is -0.122. The summed E-state index contributed by atoms with van der Waals surface area (Å²) in [6.07, 6.45) is 1.17. The van der Waals surface area contributed by atoms with Crippen LogP contribution in [0.25, 0.3) is 6.08 Å². The fraction of sp³-hybridized carbons (Fsp3) is 0.143. The molecule has 212 valence electrons. The van der Waals surface area contributed by atoms with Gasteiger partial charge in [-0.1, -0.05) is 29.3 Å². The fourth-order valence-corrected chi connectivity index (χ4v) is 5.06. The van der Waals surface area contributed by atoms with Crippen molar-refractivity contribution in [2.24, 2.45) is 0 Å². The molecular formula is C28H23ClN2O9S. The standard InChI is InChI=1S/C28H23ClN2O9S/c1-4-39-23-15-17(14-22(29)24(23)40-41(36,37)20-11-5-16(2)6-12-20)13-21-25(32)30-28(35)31(26(21)33)19-9-7-18(8-10-19)27(34)38-3/h5-15H,4H2,1-3H3,(H,30,32,35)/b21-13+. The van der Waals surface area contributed by atoms with Crippen LogP contribution in [0.2, 0.25) is 5.02 Å². The number of benzene rings is 3. The van der Waals surface area contributed by atoms with E-state index >= 15 is 0 Å². The van der Waals surface area contributed by atoms with Gasteiger partial charge in [-0.25, -0.2) is 14.5 Å². The molecule has 0 unspecified atom stereocenters. The van der Waals surface area contributed by atoms with Crippen LogP contribution in [-0.4, -0.2) is 45.9 Å². The van der Waals surface area contributed by atoms with Crippen LogP contribution in [0.3, 0.4) is 0 Å². The first kappa shape index (κ1) is 29.3. The summed E-state index contributed by atoms with van der Waals surface area (Å²) in [5.41, 5.74) is 0.914. The predicted octanol–water partition coefficient (Wildman–Crippen LogP) is 4.27. The lowest BCUT2D eigenvalue weighted by Crippen LogP contribution is -2.54. The van der Waals surface area contributed by atoms with Gasteiger partial charge in [0.15, 0.2) is 5.75 Å². The van der Waals surface area contributed by atoms with Gasteiger partial charge in [0, 0.05) is 0 Å². The van der Waals surface area contributed by atoms with Crippen LogP contribution in [0.15, 0.2) is 71.1 Å². The quantitative estimate of drug-likeness (QED) is 0.174. The Morgan fingerprint density at radius 2 is 1.68 bits per heavy atom. The summed E-state index contributed by atoms with van der Waals surface area (Å²) in [5, 5.41) is 1.92. The third-order valence-electron chi connectivity index (χ3n) is 5.79. The first-order valence-electron chi connectivity index (χ1n) is 12.0. The van der Waals surface area contributed by atoms with Crippen molar-refractivity contribution in [1.29, 1.82) is 0 Å². The lowest BCUT2D eigenvalue weighted by Gasteiger charge is -2.26. The van der Waals surface area contributed by atoms with Crippen molar-refractivity contribution >= 4 is 57.3 Å². The Hall–Kier alpha value is -4.68. The average molecular weight is 599 g/mol. The summed E-state index contributed by atoms with van der Waals surface area (Å²) in [6.45, 7) is 3.58. The number of ether oxygens (including phenoxy) is 2. The van der Waals surface area contributed by atoms with Crippen LogP contribution in [-0.2, 0) is 24.4 Å². The number of imide groups is 2. The summed E-state index contributed by atoms with van der Waals surface area (Å²) in [7, 11) is -3.06. The van der Waals surface area contributed by atoms with E-state index in [1.807, 2.05) is 6.92 Å². The molecule has 3 aromatic carbocycles. The van der Waals surface area contributed by atoms with Gasteiger partial charge in [-0.2, -0.15) is 8.42 Å². The number of esters is 1. The summed E-state index contributed by atoms with van der Waals surface area (Å²) in [5.74, 6) is -2.85. The molecule has 0 radical (unpaired) electrons. The molecule has 0 saturated carbocycles. The maximum Gasteiger partial charge on any atom is 0.339 e. The van der Waals surface area contributed by atoms with Crippen molar-refractivity contribution in [3.8, 4) is 11.5 Å². The topological polar surface area (TPSA) is 145 Å². The highest BCUT2D eigenvalue weighted by molar-refractivity contribution is 7.87. The number of amides is 4. The number of anilines is 1. The fourth-order valence-electron chi connectivity index (χ4n) is 3.80. The molecule has 4 rings (SSSR count). The maximum absolute atomic E-state index is 13.3. The summed E-state index contributed by atoms with van der Waals surface area (Å²) < 4.78 is 41.3. The number of hydrogen-bond acceptors (Lipinski definition) is 9. The summed E-state index contributed by atoms with van der Waals surface area (Å²) in [4.78, 5) is 50.8. The van der Waals surface area contributed by atoms with Crippen molar-refractivity contribution < 1.29 is 41.3 Å². The summed E-state index contributed by atoms with van der Waals surface area (Å²) >= 11 is 6.39. The number of hydrogen-bond donors (Lipinski definition) is 1. The second-order valence-electron chi connectivity index (χ2n) is 8.61. The van der Waals surface area contributed by atoms with E-state index in [-0.39, 0.29) is 44.8 Å². The van der Waals surface area contributed by atoms with Gasteiger partial charge in [0.1, 0.15) is 10.5 Å². The van der Waals surface area contributed by atoms with Crippen molar-refractivity contribution in [3.63, 3.8) is 0 Å². The number of rotatable bonds is 8. The van der Waals surface area contributed by atoms with Crippen molar-refractivity contribution in [2.75, 3.05) is 18.6 Å². The molecule has 0 aliphatic carbocycles. The molecule has 13 heteroatoms. The Labute approximate surface area is 240 Å². The Bertz CT molecular complexity index is 1680. The molecule has 1 fully saturated rings. The number of nitrogens with one attached hydrogen (secondary N) is 1. The molecule has 1 heterocycles. The highest BCUT2D eigenvalue weighted by atomic mass is 35.5. The van der Waals surface area contributed by atoms with Crippen molar-refractivity contribution in [3.05, 3.63) is 87.9 Å². The molecule has 4 amide bonds. The molecule has 3 aromatic rings. The lowest BCUT2D eigenvalue weighted by atomic mass is 10.1. The van der Waals surface area contributed by atoms with Crippen LogP contribution in [0.4, 0.5) is 10.5 Å². The molecule has 0 atom stereocenters. The van der Waals surface area contributed by atoms with Gasteiger partial charge in [-0.15, -0.1) is 0 Å². The van der Waals surface area contributed by atoms with Gasteiger partial charge >= 0.3 is 22.1 Å². The van der Waals surface area contributed by atoms with E-state index < -0.39 is 39.5 Å². The van der Waals surface area contributed by atoms with Gasteiger partial charge in [-0.05, 0) is 74.0 Å². The zero-order valence-electron chi connectivity index (χ0n) is 22.0. The molecular weight excluding hydrogens is 576 g/mol. The predicted molar refractivity (Wildman–Crippen MR) is 148 cm³/mol. The van der Waals surface area contributed by atoms with E-state index in [2.05, 4.69) is 10.1 Å². The summed E-state index contributed by atoms with van der Waals surface area (Å²) in [6, 6.07) is 13.1. The van der Waals surface area contributed by atoms with Crippen LogP contribution in [0, 0.1) is 6.92 Å². The SMILES string of the molecule is CCOc1cc(/C=C2\C(=O)NC(=O)N(c3ccc(C(=O)OC)cc3)C2=O)cc(Cl)c1OS(=O)(=O)c1ccc(C)cc1. The van der Waals surface area contributed by atoms with E-state index in [4.69, 9.17) is 20.5 Å². The van der Waals surface area contributed by atoms with Crippen LogP contribution in [0.1, 0.15) is 28.4 Å². The number of nitrogens with zero attached hydrogens (tertiary/aromatic N) is 1. The third-order valence-corrected chi connectivity index (χ3v) is 7.31. The minimum atomic E-state index is -4.28. The van der Waals surface area contributed by atoms with E-state index in [1.165, 1.54) is 61.7 Å². The molecule has 1 N–H and O–H groups in total. The molecule has 1 saturated heterocycles. The molecule has 0 aromatic heterocycles. The van der Waals surface area contributed by atoms with Gasteiger partial charge in [-0.3, -0.25) is 14.9 Å². The number of barbiturate groups is 1. The molecule has 1 aliphatic heterocycles. The molecule has 11 nitrogen and oxygen atoms in total. The molecule has 0 spiro atoms. The zero-order valence-corrected chi connectivity index (χ0v) is 23.5. The van der Waals surface area contributed by atoms with E-state index in [1.54, 1.807) is 19.1 Å². The molecule has 1 aliphatic rings. The number of methoxy groups -OCH3 is 1. The molecule has 41 heavy (non-hydrogen) atoms. The number of halogens is 1. The van der Waals surface area contributed by atoms with Crippen LogP contribution < -0.4 is 19.1 Å². The second-order valence-corrected chi connectivity index (χ2v) is 10.6. The Balaban J connectivity index is 1.69. The van der Waals surface area contributed by atoms with Gasteiger partial charge in [0.25, 0.3) is 11.8 Å². The normalized spacial score (nSPS) is 14.6. The average Bonchev–Trinajstić information content (AvgIpc) is 2.93. The van der Waals surface area contributed by atoms with Gasteiger partial charge in [0.2, 0.25) is 5.75 Å². The zero-order chi connectivity index (χ0) is 29.9. The Kier molecular flexibility index (Phi) is 8.45. The van der Waals surface area contributed by atoms with Crippen LogP contribution >= 0.6 is 11.6 Å². The Morgan fingerprint density at radius 3 is 2.29 bits per heavy atom. The second kappa shape index (κ2) is 11.8. The van der Waals surface area contributed by atoms with E-state index in [9.17, 15) is 27.6 Å². The first-order chi connectivity index (χ1) is 19.4. The van der Waals surface area contributed by atoms with Crippen LogP contribution in [0.5, 0.6) is 11.5 Å². The van der Waals surface area contributed by atoms with Gasteiger partial charge < -0.3 is 13.7 Å². The number of carbonyl (C=O) groups excluding carboxylic acids is 4. The monoisotopic (exact) mass is 598 g/mol. The Morgan fingerprint density at radius 1 is 1.02 bits per heavy atom. The number of carbonyl (C=O) groups is 4. The third kappa shape index (κ3) is 6.23.